The molecule has 0 saturated carbocycles. The molecule has 0 aliphatic carbocycles. The Balaban J connectivity index is 1.17. The molecule has 0 atom stereocenters. The molecule has 0 unspecified atom stereocenters. The highest BCUT2D eigenvalue weighted by atomic mass is 16.3. The second kappa shape index (κ2) is 9.11. The predicted octanol–water partition coefficient (Wildman–Crippen LogP) is 2.66. The summed E-state index contributed by atoms with van der Waals surface area (Å²) < 4.78 is 5.10. The molecule has 2 aliphatic heterocycles. The smallest absolute Gasteiger partial charge is 0.291 e. The van der Waals surface area contributed by atoms with E-state index in [0.29, 0.717) is 31.2 Å². The number of benzene rings is 1. The number of nitrogens with zero attached hydrogens (tertiary/aromatic N) is 4. The SMILES string of the molecule is O=C(CCC1CCN(C(=O)c2cnco2)CC1)N1CCN(c2ccccc2)CC1. The summed E-state index contributed by atoms with van der Waals surface area (Å²) in [6, 6.07) is 10.4. The van der Waals surface area contributed by atoms with Crippen LogP contribution in [-0.4, -0.2) is 65.9 Å². The van der Waals surface area contributed by atoms with Gasteiger partial charge in [0, 0.05) is 51.4 Å². The van der Waals surface area contributed by atoms with E-state index in [1.807, 2.05) is 15.9 Å². The molecular weight excluding hydrogens is 368 g/mol. The molecule has 2 fully saturated rings. The molecule has 7 heteroatoms. The number of rotatable bonds is 5. The molecule has 0 radical (unpaired) electrons. The molecule has 154 valence electrons. The molecule has 7 nitrogen and oxygen atoms in total. The Hall–Kier alpha value is -2.83. The molecule has 0 spiro atoms. The number of anilines is 1. The predicted molar refractivity (Wildman–Crippen MR) is 110 cm³/mol. The maximum Gasteiger partial charge on any atom is 0.291 e. The van der Waals surface area contributed by atoms with Gasteiger partial charge in [-0.3, -0.25) is 9.59 Å². The summed E-state index contributed by atoms with van der Waals surface area (Å²) >= 11 is 0. The number of likely N-dealkylation sites (tertiary alicyclic amines) is 1. The molecule has 29 heavy (non-hydrogen) atoms. The summed E-state index contributed by atoms with van der Waals surface area (Å²) in [7, 11) is 0. The summed E-state index contributed by atoms with van der Waals surface area (Å²) in [6.45, 7) is 4.79. The monoisotopic (exact) mass is 396 g/mol. The Bertz CT molecular complexity index is 793. The molecule has 2 aliphatic rings. The number of piperazine rings is 1. The van der Waals surface area contributed by atoms with E-state index in [-0.39, 0.29) is 11.8 Å². The Morgan fingerprint density at radius 3 is 2.34 bits per heavy atom. The van der Waals surface area contributed by atoms with Gasteiger partial charge in [-0.05, 0) is 37.3 Å². The van der Waals surface area contributed by atoms with Crippen LogP contribution in [0.25, 0.3) is 0 Å². The van der Waals surface area contributed by atoms with Crippen molar-refractivity contribution in [3.05, 3.63) is 48.7 Å². The van der Waals surface area contributed by atoms with E-state index in [1.165, 1.54) is 18.3 Å². The van der Waals surface area contributed by atoms with E-state index in [4.69, 9.17) is 4.42 Å². The van der Waals surface area contributed by atoms with Crippen LogP contribution in [0.1, 0.15) is 36.2 Å². The first kappa shape index (κ1) is 19.5. The fourth-order valence-electron chi connectivity index (χ4n) is 4.24. The van der Waals surface area contributed by atoms with Gasteiger partial charge in [-0.1, -0.05) is 18.2 Å². The van der Waals surface area contributed by atoms with Crippen molar-refractivity contribution in [1.82, 2.24) is 14.8 Å². The highest BCUT2D eigenvalue weighted by Gasteiger charge is 2.27. The van der Waals surface area contributed by atoms with Crippen LogP contribution >= 0.6 is 0 Å². The fourth-order valence-corrected chi connectivity index (χ4v) is 4.24. The number of carbonyl (C=O) groups excluding carboxylic acids is 2. The fraction of sp³-hybridized carbons (Fsp3) is 0.500. The van der Waals surface area contributed by atoms with Crippen molar-refractivity contribution >= 4 is 17.5 Å². The molecule has 0 bridgehead atoms. The first-order valence-electron chi connectivity index (χ1n) is 10.5. The molecule has 0 N–H and O–H groups in total. The van der Waals surface area contributed by atoms with E-state index in [1.54, 1.807) is 0 Å². The highest BCUT2D eigenvalue weighted by Crippen LogP contribution is 2.24. The van der Waals surface area contributed by atoms with Gasteiger partial charge in [-0.2, -0.15) is 0 Å². The topological polar surface area (TPSA) is 69.9 Å². The van der Waals surface area contributed by atoms with E-state index >= 15 is 0 Å². The van der Waals surface area contributed by atoms with Crippen molar-refractivity contribution in [3.8, 4) is 0 Å². The number of para-hydroxylation sites is 1. The van der Waals surface area contributed by atoms with Crippen LogP contribution in [0.5, 0.6) is 0 Å². The van der Waals surface area contributed by atoms with Crippen LogP contribution in [0.2, 0.25) is 0 Å². The van der Waals surface area contributed by atoms with Crippen molar-refractivity contribution in [2.75, 3.05) is 44.2 Å². The first-order valence-corrected chi connectivity index (χ1v) is 10.5. The number of amides is 2. The van der Waals surface area contributed by atoms with E-state index in [0.717, 1.165) is 45.4 Å². The second-order valence-corrected chi connectivity index (χ2v) is 7.84. The Kier molecular flexibility index (Phi) is 6.12. The van der Waals surface area contributed by atoms with Crippen molar-refractivity contribution in [2.45, 2.75) is 25.7 Å². The lowest BCUT2D eigenvalue weighted by Crippen LogP contribution is -2.48. The maximum atomic E-state index is 12.6. The zero-order valence-corrected chi connectivity index (χ0v) is 16.7. The number of hydrogen-bond acceptors (Lipinski definition) is 5. The van der Waals surface area contributed by atoms with Gasteiger partial charge in [0.05, 0.1) is 6.20 Å². The molecule has 1 aromatic carbocycles. The van der Waals surface area contributed by atoms with Crippen LogP contribution in [0.3, 0.4) is 0 Å². The Morgan fingerprint density at radius 2 is 1.69 bits per heavy atom. The molecule has 2 aromatic rings. The average Bonchev–Trinajstić information content (AvgIpc) is 3.33. The summed E-state index contributed by atoms with van der Waals surface area (Å²) in [5.41, 5.74) is 1.23. The number of aromatic nitrogens is 1. The number of hydrogen-bond donors (Lipinski definition) is 0. The van der Waals surface area contributed by atoms with Crippen LogP contribution < -0.4 is 4.90 Å². The zero-order valence-electron chi connectivity index (χ0n) is 16.7. The summed E-state index contributed by atoms with van der Waals surface area (Å²) in [5, 5.41) is 0. The van der Waals surface area contributed by atoms with E-state index in [2.05, 4.69) is 34.1 Å². The van der Waals surface area contributed by atoms with Crippen molar-refractivity contribution < 1.29 is 14.0 Å². The van der Waals surface area contributed by atoms with Crippen LogP contribution in [0, 0.1) is 5.92 Å². The van der Waals surface area contributed by atoms with Crippen LogP contribution in [0.15, 0.2) is 47.3 Å². The second-order valence-electron chi connectivity index (χ2n) is 7.84. The van der Waals surface area contributed by atoms with Gasteiger partial charge in [0.15, 0.2) is 6.39 Å². The quantitative estimate of drug-likeness (QED) is 0.777. The third kappa shape index (κ3) is 4.78. The third-order valence-electron chi connectivity index (χ3n) is 6.07. The molecule has 4 rings (SSSR count). The minimum absolute atomic E-state index is 0.0895. The normalized spacial score (nSPS) is 18.1. The van der Waals surface area contributed by atoms with E-state index in [9.17, 15) is 9.59 Å². The highest BCUT2D eigenvalue weighted by molar-refractivity contribution is 5.91. The van der Waals surface area contributed by atoms with Gasteiger partial charge in [0.2, 0.25) is 11.7 Å². The lowest BCUT2D eigenvalue weighted by Gasteiger charge is -2.36. The Labute approximate surface area is 171 Å². The molecule has 2 saturated heterocycles. The van der Waals surface area contributed by atoms with Gasteiger partial charge in [-0.15, -0.1) is 0 Å². The maximum absolute atomic E-state index is 12.6. The Morgan fingerprint density at radius 1 is 0.966 bits per heavy atom. The summed E-state index contributed by atoms with van der Waals surface area (Å²) in [6.07, 6.45) is 6.13. The summed E-state index contributed by atoms with van der Waals surface area (Å²) in [5.74, 6) is 0.975. The molecule has 2 amide bonds. The molecule has 3 heterocycles. The van der Waals surface area contributed by atoms with Crippen molar-refractivity contribution in [3.63, 3.8) is 0 Å². The lowest BCUT2D eigenvalue weighted by molar-refractivity contribution is -0.131. The lowest BCUT2D eigenvalue weighted by atomic mass is 9.91. The molecular formula is C22H28N4O3. The van der Waals surface area contributed by atoms with E-state index < -0.39 is 0 Å². The minimum atomic E-state index is -0.0895. The number of oxazole rings is 1. The van der Waals surface area contributed by atoms with Gasteiger partial charge >= 0.3 is 0 Å². The van der Waals surface area contributed by atoms with Crippen LogP contribution in [-0.2, 0) is 4.79 Å². The molecule has 1 aromatic heterocycles. The standard InChI is InChI=1S/C22H28N4O3/c27-21(25-14-12-24(13-15-25)19-4-2-1-3-5-19)7-6-18-8-10-26(11-9-18)22(28)20-16-23-17-29-20/h1-5,16-18H,6-15H2. The number of carbonyl (C=O) groups is 2. The zero-order chi connectivity index (χ0) is 20.1. The first-order chi connectivity index (χ1) is 14.2. The average molecular weight is 396 g/mol. The van der Waals surface area contributed by atoms with Gasteiger partial charge in [0.1, 0.15) is 0 Å². The van der Waals surface area contributed by atoms with Gasteiger partial charge in [-0.25, -0.2) is 4.98 Å². The van der Waals surface area contributed by atoms with Gasteiger partial charge in [0.25, 0.3) is 5.91 Å². The van der Waals surface area contributed by atoms with Crippen LogP contribution in [0.4, 0.5) is 5.69 Å². The largest absolute Gasteiger partial charge is 0.438 e. The minimum Gasteiger partial charge on any atom is -0.438 e. The number of piperidine rings is 1. The van der Waals surface area contributed by atoms with Crippen molar-refractivity contribution in [1.29, 1.82) is 0 Å². The third-order valence-corrected chi connectivity index (χ3v) is 6.07. The summed E-state index contributed by atoms with van der Waals surface area (Å²) in [4.78, 5) is 34.9. The van der Waals surface area contributed by atoms with Gasteiger partial charge < -0.3 is 19.1 Å². The van der Waals surface area contributed by atoms with Crippen molar-refractivity contribution in [2.24, 2.45) is 5.92 Å².